The first-order valence-corrected chi connectivity index (χ1v) is 9.69. The summed E-state index contributed by atoms with van der Waals surface area (Å²) in [6.07, 6.45) is 3.97. The molecule has 4 rings (SSSR count). The lowest BCUT2D eigenvalue weighted by atomic mass is 10.1. The number of para-hydroxylation sites is 1. The fraction of sp³-hybridized carbons (Fsp3) is 0.348. The Morgan fingerprint density at radius 3 is 2.68 bits per heavy atom. The molecule has 0 radical (unpaired) electrons. The summed E-state index contributed by atoms with van der Waals surface area (Å²) in [4.78, 5) is 15.2. The molecule has 0 spiro atoms. The van der Waals surface area contributed by atoms with Crippen molar-refractivity contribution in [3.8, 4) is 5.75 Å². The van der Waals surface area contributed by atoms with E-state index in [9.17, 15) is 4.79 Å². The van der Waals surface area contributed by atoms with E-state index in [4.69, 9.17) is 13.9 Å². The van der Waals surface area contributed by atoms with Crippen LogP contribution in [-0.2, 0) is 17.8 Å². The Kier molecular flexibility index (Phi) is 5.74. The maximum atomic E-state index is 12.9. The van der Waals surface area contributed by atoms with Crippen LogP contribution in [0.5, 0.6) is 5.75 Å². The van der Waals surface area contributed by atoms with Gasteiger partial charge in [0.25, 0.3) is 0 Å². The van der Waals surface area contributed by atoms with Crippen LogP contribution in [0, 0.1) is 0 Å². The largest absolute Gasteiger partial charge is 0.497 e. The van der Waals surface area contributed by atoms with Crippen molar-refractivity contribution in [1.29, 1.82) is 0 Å². The molecule has 5 heteroatoms. The molecule has 2 heterocycles. The Hall–Kier alpha value is -2.63. The Balaban J connectivity index is 1.57. The molecule has 1 unspecified atom stereocenters. The van der Waals surface area contributed by atoms with E-state index < -0.39 is 0 Å². The quantitative estimate of drug-likeness (QED) is 0.621. The summed E-state index contributed by atoms with van der Waals surface area (Å²) in [5.41, 5.74) is 2.50. The molecular weight excluding hydrogens is 354 g/mol. The van der Waals surface area contributed by atoms with Crippen LogP contribution in [0.4, 0.5) is 0 Å². The van der Waals surface area contributed by atoms with Crippen LogP contribution in [0.15, 0.2) is 64.0 Å². The minimum Gasteiger partial charge on any atom is -0.497 e. The molecule has 0 amide bonds. The van der Waals surface area contributed by atoms with Gasteiger partial charge < -0.3 is 13.9 Å². The van der Waals surface area contributed by atoms with Crippen LogP contribution in [0.3, 0.4) is 0 Å². The molecule has 0 N–H and O–H groups in total. The van der Waals surface area contributed by atoms with Crippen molar-refractivity contribution in [1.82, 2.24) is 4.90 Å². The predicted octanol–water partition coefficient (Wildman–Crippen LogP) is 3.98. The maximum absolute atomic E-state index is 12.9. The molecule has 0 aliphatic carbocycles. The number of rotatable bonds is 7. The van der Waals surface area contributed by atoms with Gasteiger partial charge >= 0.3 is 0 Å². The summed E-state index contributed by atoms with van der Waals surface area (Å²) in [5.74, 6) is 0.838. The normalized spacial score (nSPS) is 16.7. The third-order valence-electron chi connectivity index (χ3n) is 5.20. The second kappa shape index (κ2) is 8.59. The first-order chi connectivity index (χ1) is 13.7. The van der Waals surface area contributed by atoms with Crippen molar-refractivity contribution >= 4 is 11.0 Å². The summed E-state index contributed by atoms with van der Waals surface area (Å²) in [6.45, 7) is 2.87. The van der Waals surface area contributed by atoms with Crippen LogP contribution in [0.1, 0.15) is 24.0 Å². The molecule has 146 valence electrons. The van der Waals surface area contributed by atoms with Crippen LogP contribution in [-0.4, -0.2) is 31.3 Å². The first-order valence-electron chi connectivity index (χ1n) is 9.69. The lowest BCUT2D eigenvalue weighted by molar-refractivity contribution is 0.0676. The van der Waals surface area contributed by atoms with E-state index in [0.717, 1.165) is 38.3 Å². The highest BCUT2D eigenvalue weighted by atomic mass is 16.5. The van der Waals surface area contributed by atoms with Crippen molar-refractivity contribution < 1.29 is 13.9 Å². The molecule has 5 nitrogen and oxygen atoms in total. The van der Waals surface area contributed by atoms with E-state index in [2.05, 4.69) is 17.0 Å². The van der Waals surface area contributed by atoms with Crippen LogP contribution in [0.25, 0.3) is 11.0 Å². The average molecular weight is 379 g/mol. The Morgan fingerprint density at radius 2 is 1.93 bits per heavy atom. The van der Waals surface area contributed by atoms with Gasteiger partial charge in [0.15, 0.2) is 5.43 Å². The summed E-state index contributed by atoms with van der Waals surface area (Å²) >= 11 is 0. The van der Waals surface area contributed by atoms with Crippen LogP contribution in [0.2, 0.25) is 0 Å². The van der Waals surface area contributed by atoms with Crippen molar-refractivity contribution in [2.45, 2.75) is 32.0 Å². The summed E-state index contributed by atoms with van der Waals surface area (Å²) in [7, 11) is 1.66. The molecule has 1 atom stereocenters. The zero-order valence-corrected chi connectivity index (χ0v) is 16.1. The van der Waals surface area contributed by atoms with Crippen molar-refractivity contribution in [2.24, 2.45) is 0 Å². The lowest BCUT2D eigenvalue weighted by Crippen LogP contribution is -2.33. The SMILES string of the molecule is COc1ccc(CN(Cc2coc3ccccc3c2=O)CC2CCCO2)cc1. The van der Waals surface area contributed by atoms with Crippen molar-refractivity contribution in [3.05, 3.63) is 76.1 Å². The molecule has 1 aliphatic heterocycles. The Bertz CT molecular complexity index is 974. The zero-order chi connectivity index (χ0) is 19.3. The fourth-order valence-corrected chi connectivity index (χ4v) is 3.72. The second-order valence-corrected chi connectivity index (χ2v) is 7.24. The monoisotopic (exact) mass is 379 g/mol. The molecule has 1 aromatic heterocycles. The summed E-state index contributed by atoms with van der Waals surface area (Å²) in [6, 6.07) is 15.4. The molecule has 28 heavy (non-hydrogen) atoms. The maximum Gasteiger partial charge on any atom is 0.197 e. The number of hydrogen-bond acceptors (Lipinski definition) is 5. The standard InChI is InChI=1S/C23H25NO4/c1-26-19-10-8-17(9-11-19)13-24(15-20-5-4-12-27-20)14-18-16-28-22-7-3-2-6-21(22)23(18)25/h2-3,6-11,16,20H,4-5,12-15H2,1H3. The van der Waals surface area contributed by atoms with E-state index in [1.807, 2.05) is 36.4 Å². The average Bonchev–Trinajstić information content (AvgIpc) is 3.24. The third kappa shape index (κ3) is 4.26. The van der Waals surface area contributed by atoms with Gasteiger partial charge in [-0.3, -0.25) is 9.69 Å². The van der Waals surface area contributed by atoms with E-state index in [1.54, 1.807) is 13.4 Å². The third-order valence-corrected chi connectivity index (χ3v) is 5.20. The number of ether oxygens (including phenoxy) is 2. The van der Waals surface area contributed by atoms with Gasteiger partial charge in [-0.05, 0) is 42.7 Å². The first kappa shape index (κ1) is 18.7. The molecular formula is C23H25NO4. The topological polar surface area (TPSA) is 51.9 Å². The van der Waals surface area contributed by atoms with Gasteiger partial charge in [-0.25, -0.2) is 0 Å². The molecule has 2 aromatic carbocycles. The highest BCUT2D eigenvalue weighted by molar-refractivity contribution is 5.76. The zero-order valence-electron chi connectivity index (χ0n) is 16.1. The van der Waals surface area contributed by atoms with Gasteiger partial charge in [0.1, 0.15) is 11.3 Å². The Labute approximate surface area is 164 Å². The molecule has 0 saturated carbocycles. The van der Waals surface area contributed by atoms with E-state index in [-0.39, 0.29) is 11.5 Å². The van der Waals surface area contributed by atoms with E-state index >= 15 is 0 Å². The van der Waals surface area contributed by atoms with Crippen LogP contribution >= 0.6 is 0 Å². The molecule has 0 bridgehead atoms. The molecule has 3 aromatic rings. The highest BCUT2D eigenvalue weighted by Gasteiger charge is 2.21. The minimum absolute atomic E-state index is 0.0360. The van der Waals surface area contributed by atoms with Gasteiger partial charge in [-0.2, -0.15) is 0 Å². The number of fused-ring (bicyclic) bond motifs is 1. The van der Waals surface area contributed by atoms with Crippen LogP contribution < -0.4 is 10.2 Å². The predicted molar refractivity (Wildman–Crippen MR) is 109 cm³/mol. The van der Waals surface area contributed by atoms with E-state index in [0.29, 0.717) is 23.1 Å². The van der Waals surface area contributed by atoms with Crippen molar-refractivity contribution in [3.63, 3.8) is 0 Å². The van der Waals surface area contributed by atoms with Crippen molar-refractivity contribution in [2.75, 3.05) is 20.3 Å². The number of hydrogen-bond donors (Lipinski definition) is 0. The van der Waals surface area contributed by atoms with Gasteiger partial charge in [0.2, 0.25) is 0 Å². The molecule has 1 saturated heterocycles. The van der Waals surface area contributed by atoms with Gasteiger partial charge in [-0.1, -0.05) is 24.3 Å². The van der Waals surface area contributed by atoms with E-state index in [1.165, 1.54) is 5.56 Å². The molecule has 1 aliphatic rings. The number of benzene rings is 2. The lowest BCUT2D eigenvalue weighted by Gasteiger charge is -2.25. The number of methoxy groups -OCH3 is 1. The molecule has 1 fully saturated rings. The minimum atomic E-state index is 0.0360. The van der Waals surface area contributed by atoms with Gasteiger partial charge in [-0.15, -0.1) is 0 Å². The second-order valence-electron chi connectivity index (χ2n) is 7.24. The van der Waals surface area contributed by atoms with Gasteiger partial charge in [0.05, 0.1) is 24.9 Å². The van der Waals surface area contributed by atoms with Gasteiger partial charge in [0, 0.05) is 31.8 Å². The summed E-state index contributed by atoms with van der Waals surface area (Å²) in [5, 5.41) is 0.626. The smallest absolute Gasteiger partial charge is 0.197 e. The fourth-order valence-electron chi connectivity index (χ4n) is 3.72. The highest BCUT2D eigenvalue weighted by Crippen LogP contribution is 2.19. The Morgan fingerprint density at radius 1 is 1.11 bits per heavy atom. The number of nitrogens with zero attached hydrogens (tertiary/aromatic N) is 1. The summed E-state index contributed by atoms with van der Waals surface area (Å²) < 4.78 is 16.8.